The van der Waals surface area contributed by atoms with Crippen molar-refractivity contribution in [2.75, 3.05) is 5.73 Å². The van der Waals surface area contributed by atoms with Gasteiger partial charge < -0.3 is 15.2 Å². The smallest absolute Gasteiger partial charge is 0.238 e. The van der Waals surface area contributed by atoms with E-state index in [9.17, 15) is 4.39 Å². The Balaban J connectivity index is 2.21. The van der Waals surface area contributed by atoms with Crippen molar-refractivity contribution in [3.63, 3.8) is 0 Å². The summed E-state index contributed by atoms with van der Waals surface area (Å²) in [5.74, 6) is 0.317. The van der Waals surface area contributed by atoms with Crippen molar-refractivity contribution < 1.29 is 8.91 Å². The molecule has 0 aliphatic carbocycles. The van der Waals surface area contributed by atoms with Gasteiger partial charge in [-0.3, -0.25) is 0 Å². The molecule has 17 heavy (non-hydrogen) atoms. The first-order valence-electron chi connectivity index (χ1n) is 5.02. The van der Waals surface area contributed by atoms with E-state index < -0.39 is 5.95 Å². The third kappa shape index (κ3) is 1.45. The number of benzene rings is 1. The number of nitrogens with one attached hydrogen (secondary N) is 1. The number of aromatic nitrogens is 3. The third-order valence-electron chi connectivity index (χ3n) is 2.57. The van der Waals surface area contributed by atoms with Gasteiger partial charge >= 0.3 is 0 Å². The number of H-pyrrole nitrogens is 1. The van der Waals surface area contributed by atoms with Crippen molar-refractivity contribution >= 4 is 16.8 Å². The highest BCUT2D eigenvalue weighted by Gasteiger charge is 2.12. The fourth-order valence-electron chi connectivity index (χ4n) is 1.77. The summed E-state index contributed by atoms with van der Waals surface area (Å²) in [6, 6.07) is 5.16. The van der Waals surface area contributed by atoms with Crippen LogP contribution in [-0.4, -0.2) is 15.1 Å². The molecule has 86 valence electrons. The van der Waals surface area contributed by atoms with Crippen LogP contribution in [0.2, 0.25) is 0 Å². The topological polar surface area (TPSA) is 80.7 Å². The summed E-state index contributed by atoms with van der Waals surface area (Å²) in [6.45, 7) is 1.69. The Morgan fingerprint density at radius 3 is 2.94 bits per heavy atom. The van der Waals surface area contributed by atoms with E-state index in [2.05, 4.69) is 15.1 Å². The van der Waals surface area contributed by atoms with Gasteiger partial charge in [0.15, 0.2) is 11.4 Å². The number of rotatable bonds is 1. The highest BCUT2D eigenvalue weighted by molar-refractivity contribution is 5.89. The molecule has 1 aromatic carbocycles. The van der Waals surface area contributed by atoms with Crippen LogP contribution in [0.25, 0.3) is 22.2 Å². The standard InChI is InChI=1S/C11H9FN4O/c1-5-14-9(10(12)15-5)6-2-3-7-8(4-6)17-16-11(7)13/h2-4H,1H3,(H2,13,16)(H,14,15). The molecule has 5 nitrogen and oxygen atoms in total. The maximum atomic E-state index is 13.5. The molecule has 0 atom stereocenters. The van der Waals surface area contributed by atoms with Crippen LogP contribution in [0.5, 0.6) is 0 Å². The summed E-state index contributed by atoms with van der Waals surface area (Å²) >= 11 is 0. The zero-order chi connectivity index (χ0) is 12.0. The Kier molecular flexibility index (Phi) is 1.91. The maximum absolute atomic E-state index is 13.5. The number of nitrogens with zero attached hydrogens (tertiary/aromatic N) is 2. The second-order valence-electron chi connectivity index (χ2n) is 3.77. The highest BCUT2D eigenvalue weighted by Crippen LogP contribution is 2.27. The molecule has 0 saturated carbocycles. The molecule has 2 aromatic heterocycles. The molecule has 0 fully saturated rings. The van der Waals surface area contributed by atoms with Gasteiger partial charge in [0.25, 0.3) is 0 Å². The minimum absolute atomic E-state index is 0.327. The van der Waals surface area contributed by atoms with E-state index in [-0.39, 0.29) is 0 Å². The van der Waals surface area contributed by atoms with Gasteiger partial charge in [0.1, 0.15) is 11.5 Å². The number of nitrogens with two attached hydrogens (primary N) is 1. The van der Waals surface area contributed by atoms with E-state index in [0.29, 0.717) is 33.9 Å². The molecule has 0 aliphatic heterocycles. The van der Waals surface area contributed by atoms with Gasteiger partial charge in [0.2, 0.25) is 5.95 Å². The second kappa shape index (κ2) is 3.31. The van der Waals surface area contributed by atoms with Crippen LogP contribution in [0.1, 0.15) is 5.82 Å². The van der Waals surface area contributed by atoms with E-state index in [1.165, 1.54) is 0 Å². The summed E-state index contributed by atoms with van der Waals surface area (Å²) in [5.41, 5.74) is 7.10. The average Bonchev–Trinajstić information content (AvgIpc) is 2.82. The summed E-state index contributed by atoms with van der Waals surface area (Å²) < 4.78 is 18.5. The summed E-state index contributed by atoms with van der Waals surface area (Å²) in [5, 5.41) is 4.35. The predicted molar refractivity (Wildman–Crippen MR) is 60.7 cm³/mol. The third-order valence-corrected chi connectivity index (χ3v) is 2.57. The van der Waals surface area contributed by atoms with Gasteiger partial charge in [0.05, 0.1) is 5.39 Å². The number of hydrogen-bond donors (Lipinski definition) is 2. The van der Waals surface area contributed by atoms with Gasteiger partial charge in [-0.15, -0.1) is 0 Å². The van der Waals surface area contributed by atoms with Crippen molar-refractivity contribution in [3.05, 3.63) is 30.0 Å². The number of aryl methyl sites for hydroxylation is 1. The molecule has 6 heteroatoms. The van der Waals surface area contributed by atoms with Crippen molar-refractivity contribution in [2.24, 2.45) is 0 Å². The molecule has 2 heterocycles. The lowest BCUT2D eigenvalue weighted by Crippen LogP contribution is -1.84. The molecule has 0 bridgehead atoms. The number of fused-ring (bicyclic) bond motifs is 1. The first-order valence-corrected chi connectivity index (χ1v) is 5.02. The molecular weight excluding hydrogens is 223 g/mol. The van der Waals surface area contributed by atoms with Crippen LogP contribution in [0.3, 0.4) is 0 Å². The van der Waals surface area contributed by atoms with Crippen molar-refractivity contribution in [3.8, 4) is 11.3 Å². The molecule has 3 N–H and O–H groups in total. The van der Waals surface area contributed by atoms with Crippen LogP contribution in [0, 0.1) is 12.9 Å². The Bertz CT molecular complexity index is 701. The van der Waals surface area contributed by atoms with E-state index in [0.717, 1.165) is 0 Å². The van der Waals surface area contributed by atoms with Gasteiger partial charge in [-0.1, -0.05) is 11.2 Å². The number of hydrogen-bond acceptors (Lipinski definition) is 4. The maximum Gasteiger partial charge on any atom is 0.238 e. The number of aromatic amines is 1. The lowest BCUT2D eigenvalue weighted by Gasteiger charge is -1.97. The van der Waals surface area contributed by atoms with E-state index >= 15 is 0 Å². The number of imidazole rings is 1. The number of nitrogen functional groups attached to an aromatic ring is 1. The molecular formula is C11H9FN4O. The zero-order valence-corrected chi connectivity index (χ0v) is 8.99. The van der Waals surface area contributed by atoms with Gasteiger partial charge in [-0.05, 0) is 19.1 Å². The van der Waals surface area contributed by atoms with Crippen LogP contribution in [0.15, 0.2) is 22.7 Å². The van der Waals surface area contributed by atoms with E-state index in [4.69, 9.17) is 10.3 Å². The SMILES string of the molecule is Cc1nc(F)c(-c2ccc3c(N)noc3c2)[nH]1. The molecule has 3 rings (SSSR count). The first-order chi connectivity index (χ1) is 8.15. The Morgan fingerprint density at radius 1 is 1.41 bits per heavy atom. The summed E-state index contributed by atoms with van der Waals surface area (Å²) in [7, 11) is 0. The van der Waals surface area contributed by atoms with Crippen molar-refractivity contribution in [1.82, 2.24) is 15.1 Å². The molecule has 0 unspecified atom stereocenters. The Hall–Kier alpha value is -2.37. The van der Waals surface area contributed by atoms with Crippen LogP contribution < -0.4 is 5.73 Å². The monoisotopic (exact) mass is 232 g/mol. The molecule has 0 aliphatic rings. The molecule has 0 amide bonds. The molecule has 3 aromatic rings. The number of halogens is 1. The highest BCUT2D eigenvalue weighted by atomic mass is 19.1. The minimum atomic E-state index is -0.533. The van der Waals surface area contributed by atoms with Crippen molar-refractivity contribution in [2.45, 2.75) is 6.92 Å². The predicted octanol–water partition coefficient (Wildman–Crippen LogP) is 2.25. The fraction of sp³-hybridized carbons (Fsp3) is 0.0909. The van der Waals surface area contributed by atoms with Gasteiger partial charge in [0, 0.05) is 5.56 Å². The lowest BCUT2D eigenvalue weighted by molar-refractivity contribution is 0.460. The van der Waals surface area contributed by atoms with Gasteiger partial charge in [-0.2, -0.15) is 4.39 Å². The Morgan fingerprint density at radius 2 is 2.24 bits per heavy atom. The Labute approximate surface area is 95.4 Å². The second-order valence-corrected chi connectivity index (χ2v) is 3.77. The van der Waals surface area contributed by atoms with E-state index in [1.54, 1.807) is 25.1 Å². The normalized spacial score (nSPS) is 11.2. The minimum Gasteiger partial charge on any atom is -0.380 e. The summed E-state index contributed by atoms with van der Waals surface area (Å²) in [4.78, 5) is 6.53. The summed E-state index contributed by atoms with van der Waals surface area (Å²) in [6.07, 6.45) is 0. The van der Waals surface area contributed by atoms with E-state index in [1.807, 2.05) is 0 Å². The van der Waals surface area contributed by atoms with Crippen LogP contribution in [-0.2, 0) is 0 Å². The number of anilines is 1. The zero-order valence-electron chi connectivity index (χ0n) is 8.99. The average molecular weight is 232 g/mol. The molecule has 0 spiro atoms. The first kappa shape index (κ1) is 9.83. The molecule has 0 saturated heterocycles. The van der Waals surface area contributed by atoms with Gasteiger partial charge in [-0.25, -0.2) is 4.98 Å². The molecule has 0 radical (unpaired) electrons. The largest absolute Gasteiger partial charge is 0.380 e. The van der Waals surface area contributed by atoms with Crippen molar-refractivity contribution in [1.29, 1.82) is 0 Å². The lowest BCUT2D eigenvalue weighted by atomic mass is 10.1. The van der Waals surface area contributed by atoms with Crippen LogP contribution >= 0.6 is 0 Å². The quantitative estimate of drug-likeness (QED) is 0.674. The van der Waals surface area contributed by atoms with Crippen LogP contribution in [0.4, 0.5) is 10.2 Å². The fourth-order valence-corrected chi connectivity index (χ4v) is 1.77.